The number of hydrogen-bond acceptors (Lipinski definition) is 3. The van der Waals surface area contributed by atoms with Crippen molar-refractivity contribution in [2.45, 2.75) is 53.6 Å². The smallest absolute Gasteiger partial charge is 0.310 e. The van der Waals surface area contributed by atoms with Gasteiger partial charge in [0.1, 0.15) is 6.10 Å². The van der Waals surface area contributed by atoms with Crippen LogP contribution in [0.15, 0.2) is 35.5 Å². The molecule has 0 bridgehead atoms. The molecule has 0 aromatic heterocycles. The van der Waals surface area contributed by atoms with E-state index in [9.17, 15) is 9.59 Å². The van der Waals surface area contributed by atoms with E-state index in [1.165, 1.54) is 5.57 Å². The van der Waals surface area contributed by atoms with Crippen molar-refractivity contribution in [2.75, 3.05) is 0 Å². The van der Waals surface area contributed by atoms with Crippen molar-refractivity contribution in [2.24, 2.45) is 17.3 Å². The van der Waals surface area contributed by atoms with Crippen LogP contribution in [-0.4, -0.2) is 17.9 Å². The third-order valence-corrected chi connectivity index (χ3v) is 5.30. The molecule has 0 aromatic rings. The zero-order chi connectivity index (χ0) is 16.7. The first-order chi connectivity index (χ1) is 10.3. The Labute approximate surface area is 133 Å². The molecule has 0 radical (unpaired) electrons. The Hall–Kier alpha value is -1.64. The number of Topliss-reactive ketones (excluding diaryl/α,β-unsaturated/α-hetero) is 1. The van der Waals surface area contributed by atoms with Gasteiger partial charge < -0.3 is 4.74 Å². The summed E-state index contributed by atoms with van der Waals surface area (Å²) in [6.07, 6.45) is 4.22. The third kappa shape index (κ3) is 2.69. The van der Waals surface area contributed by atoms with E-state index in [0.717, 1.165) is 11.1 Å². The number of hydrogen-bond donors (Lipinski definition) is 0. The van der Waals surface area contributed by atoms with Gasteiger partial charge in [-0.3, -0.25) is 9.59 Å². The molecule has 1 saturated carbocycles. The molecule has 0 aromatic carbocycles. The number of carbonyl (C=O) groups is 2. The maximum absolute atomic E-state index is 12.5. The van der Waals surface area contributed by atoms with Gasteiger partial charge in [-0.05, 0) is 44.1 Å². The summed E-state index contributed by atoms with van der Waals surface area (Å²) in [5.41, 5.74) is 2.81. The van der Waals surface area contributed by atoms with Gasteiger partial charge in [0, 0.05) is 5.57 Å². The van der Waals surface area contributed by atoms with E-state index < -0.39 is 6.10 Å². The first-order valence-corrected chi connectivity index (χ1v) is 7.92. The second-order valence-electron chi connectivity index (χ2n) is 7.02. The average Bonchev–Trinajstić information content (AvgIpc) is 2.95. The minimum Gasteiger partial charge on any atom is -0.457 e. The highest BCUT2D eigenvalue weighted by Crippen LogP contribution is 2.62. The fraction of sp³-hybridized carbons (Fsp3) is 0.579. The van der Waals surface area contributed by atoms with Gasteiger partial charge in [0.05, 0.1) is 12.3 Å². The average molecular weight is 302 g/mol. The molecule has 2 aliphatic rings. The normalized spacial score (nSPS) is 30.5. The van der Waals surface area contributed by atoms with Crippen molar-refractivity contribution in [3.05, 3.63) is 35.5 Å². The van der Waals surface area contributed by atoms with E-state index in [1.807, 2.05) is 13.8 Å². The van der Waals surface area contributed by atoms with Gasteiger partial charge in [-0.15, -0.1) is 6.58 Å². The van der Waals surface area contributed by atoms with Crippen LogP contribution in [0.5, 0.6) is 0 Å². The van der Waals surface area contributed by atoms with Crippen molar-refractivity contribution in [1.29, 1.82) is 0 Å². The van der Waals surface area contributed by atoms with Crippen LogP contribution in [0.25, 0.3) is 0 Å². The van der Waals surface area contributed by atoms with Crippen LogP contribution in [0, 0.1) is 17.3 Å². The molecule has 0 spiro atoms. The molecule has 0 aliphatic heterocycles. The summed E-state index contributed by atoms with van der Waals surface area (Å²) < 4.78 is 5.68. The number of rotatable bonds is 5. The third-order valence-electron chi connectivity index (χ3n) is 5.30. The SMILES string of the molecule is C=CCC1=C(C)[C@H](OC(=O)[C@H]2[C@@H](/C(C)=C/C)C2(C)C)CC1=O. The van der Waals surface area contributed by atoms with Crippen LogP contribution in [0.4, 0.5) is 0 Å². The molecule has 2 aliphatic carbocycles. The molecule has 1 fully saturated rings. The fourth-order valence-corrected chi connectivity index (χ4v) is 3.73. The molecule has 3 atom stereocenters. The van der Waals surface area contributed by atoms with Gasteiger partial charge in [-0.1, -0.05) is 31.6 Å². The molecule has 2 rings (SSSR count). The molecular formula is C19H26O3. The van der Waals surface area contributed by atoms with Crippen molar-refractivity contribution in [1.82, 2.24) is 0 Å². The predicted octanol–water partition coefficient (Wildman–Crippen LogP) is 4.00. The van der Waals surface area contributed by atoms with E-state index >= 15 is 0 Å². The Morgan fingerprint density at radius 1 is 1.41 bits per heavy atom. The summed E-state index contributed by atoms with van der Waals surface area (Å²) in [4.78, 5) is 24.5. The number of allylic oxidation sites excluding steroid dienone is 4. The zero-order valence-electron chi connectivity index (χ0n) is 14.2. The van der Waals surface area contributed by atoms with Gasteiger partial charge in [0.25, 0.3) is 0 Å². The van der Waals surface area contributed by atoms with E-state index in [1.54, 1.807) is 6.08 Å². The summed E-state index contributed by atoms with van der Waals surface area (Å²) in [5, 5.41) is 0. The molecule has 22 heavy (non-hydrogen) atoms. The molecule has 0 saturated heterocycles. The lowest BCUT2D eigenvalue weighted by atomic mass is 10.0. The van der Waals surface area contributed by atoms with Crippen LogP contribution < -0.4 is 0 Å². The van der Waals surface area contributed by atoms with E-state index in [0.29, 0.717) is 6.42 Å². The molecule has 0 amide bonds. The molecule has 3 nitrogen and oxygen atoms in total. The highest BCUT2D eigenvalue weighted by Gasteiger charge is 2.63. The summed E-state index contributed by atoms with van der Waals surface area (Å²) in [7, 11) is 0. The number of ether oxygens (including phenoxy) is 1. The van der Waals surface area contributed by atoms with Gasteiger partial charge in [-0.2, -0.15) is 0 Å². The van der Waals surface area contributed by atoms with Crippen molar-refractivity contribution >= 4 is 11.8 Å². The first kappa shape index (κ1) is 16.7. The van der Waals surface area contributed by atoms with Gasteiger partial charge in [-0.25, -0.2) is 0 Å². The van der Waals surface area contributed by atoms with Gasteiger partial charge in [0.15, 0.2) is 5.78 Å². The van der Waals surface area contributed by atoms with Crippen LogP contribution >= 0.6 is 0 Å². The Morgan fingerprint density at radius 3 is 2.59 bits per heavy atom. The van der Waals surface area contributed by atoms with Crippen molar-refractivity contribution < 1.29 is 14.3 Å². The Balaban J connectivity index is 2.08. The topological polar surface area (TPSA) is 43.4 Å². The molecule has 0 heterocycles. The molecule has 3 heteroatoms. The zero-order valence-corrected chi connectivity index (χ0v) is 14.2. The Kier molecular flexibility index (Phi) is 4.46. The molecular weight excluding hydrogens is 276 g/mol. The summed E-state index contributed by atoms with van der Waals surface area (Å²) in [6.45, 7) is 13.8. The number of ketones is 1. The largest absolute Gasteiger partial charge is 0.457 e. The minimum atomic E-state index is -0.391. The highest BCUT2D eigenvalue weighted by atomic mass is 16.5. The van der Waals surface area contributed by atoms with Crippen LogP contribution in [0.3, 0.4) is 0 Å². The molecule has 0 unspecified atom stereocenters. The van der Waals surface area contributed by atoms with Gasteiger partial charge in [0.2, 0.25) is 0 Å². The quantitative estimate of drug-likeness (QED) is 0.569. The summed E-state index contributed by atoms with van der Waals surface area (Å²) in [6, 6.07) is 0. The Morgan fingerprint density at radius 2 is 2.05 bits per heavy atom. The fourth-order valence-electron chi connectivity index (χ4n) is 3.73. The second kappa shape index (κ2) is 5.86. The lowest BCUT2D eigenvalue weighted by Gasteiger charge is -2.13. The number of esters is 1. The highest BCUT2D eigenvalue weighted by molar-refractivity contribution is 6.00. The van der Waals surface area contributed by atoms with Gasteiger partial charge >= 0.3 is 5.97 Å². The van der Waals surface area contributed by atoms with Crippen LogP contribution in [0.2, 0.25) is 0 Å². The van der Waals surface area contributed by atoms with Crippen molar-refractivity contribution in [3.8, 4) is 0 Å². The predicted molar refractivity (Wildman–Crippen MR) is 87.2 cm³/mol. The lowest BCUT2D eigenvalue weighted by molar-refractivity contribution is -0.150. The van der Waals surface area contributed by atoms with Crippen molar-refractivity contribution in [3.63, 3.8) is 0 Å². The summed E-state index contributed by atoms with van der Waals surface area (Å²) >= 11 is 0. The summed E-state index contributed by atoms with van der Waals surface area (Å²) in [5.74, 6) is 0.0498. The second-order valence-corrected chi connectivity index (χ2v) is 7.02. The van der Waals surface area contributed by atoms with E-state index in [-0.39, 0.29) is 35.4 Å². The molecule has 120 valence electrons. The first-order valence-electron chi connectivity index (χ1n) is 7.92. The van der Waals surface area contributed by atoms with Crippen LogP contribution in [-0.2, 0) is 14.3 Å². The Bertz CT molecular complexity index is 577. The molecule has 0 N–H and O–H groups in total. The standard InChI is InChI=1S/C19H26O3/c1-7-9-13-12(4)15(10-14(13)20)22-18(21)17-16(11(3)8-2)19(17,5)6/h7-8,15-17H,1,9-10H2,2-6H3/b11-8+/t15-,16-,17-/m1/s1. The minimum absolute atomic E-state index is 0.0577. The number of carbonyl (C=O) groups excluding carboxylic acids is 2. The monoisotopic (exact) mass is 302 g/mol. The maximum atomic E-state index is 12.5. The van der Waals surface area contributed by atoms with E-state index in [4.69, 9.17) is 4.74 Å². The maximum Gasteiger partial charge on any atom is 0.310 e. The van der Waals surface area contributed by atoms with E-state index in [2.05, 4.69) is 33.4 Å². The lowest BCUT2D eigenvalue weighted by Crippen LogP contribution is -2.20. The van der Waals surface area contributed by atoms with Crippen LogP contribution in [0.1, 0.15) is 47.5 Å².